The first-order valence-corrected chi connectivity index (χ1v) is 11.3. The van der Waals surface area contributed by atoms with Crippen LogP contribution in [0.5, 0.6) is 5.75 Å². The lowest BCUT2D eigenvalue weighted by Gasteiger charge is -2.10. The van der Waals surface area contributed by atoms with Gasteiger partial charge in [0.2, 0.25) is 11.7 Å². The van der Waals surface area contributed by atoms with Gasteiger partial charge in [0.25, 0.3) is 5.56 Å². The number of thiophene rings is 1. The Labute approximate surface area is 192 Å². The van der Waals surface area contributed by atoms with Crippen molar-refractivity contribution in [2.24, 2.45) is 0 Å². The number of aromatic nitrogens is 4. The molecule has 3 aromatic heterocycles. The minimum absolute atomic E-state index is 0.0466. The van der Waals surface area contributed by atoms with Crippen molar-refractivity contribution in [2.45, 2.75) is 20.0 Å². The number of rotatable bonds is 7. The number of hydrogen-bond donors (Lipinski definition) is 0. The Balaban J connectivity index is 1.55. The van der Waals surface area contributed by atoms with E-state index in [9.17, 15) is 9.59 Å². The highest BCUT2D eigenvalue weighted by Gasteiger charge is 2.18. The topological polar surface area (TPSA) is 92.2 Å². The maximum absolute atomic E-state index is 13.3. The Morgan fingerprint density at radius 1 is 0.970 bits per heavy atom. The third kappa shape index (κ3) is 3.98. The first-order valence-electron chi connectivity index (χ1n) is 10.4. The maximum atomic E-state index is 13.3. The van der Waals surface area contributed by atoms with Gasteiger partial charge in [0.15, 0.2) is 0 Å². The monoisotopic (exact) mass is 460 g/mol. The highest BCUT2D eigenvalue weighted by Crippen LogP contribution is 2.27. The predicted molar refractivity (Wildman–Crippen MR) is 126 cm³/mol. The van der Waals surface area contributed by atoms with Gasteiger partial charge in [-0.05, 0) is 36.1 Å². The van der Waals surface area contributed by atoms with Crippen LogP contribution in [0.1, 0.15) is 18.4 Å². The molecule has 0 N–H and O–H groups in total. The standard InChI is InChI=1S/C24H20N4O4S/c1-2-31-19-11-7-6-10-17(19)22-25-20(32-26-22)15-27-18-12-13-33-21(18)23(29)28(24(27)30)14-16-8-4-3-5-9-16/h3-13H,2,14-15H2,1H3. The van der Waals surface area contributed by atoms with E-state index in [1.807, 2.05) is 61.5 Å². The van der Waals surface area contributed by atoms with Crippen LogP contribution in [0.25, 0.3) is 21.6 Å². The molecule has 0 amide bonds. The van der Waals surface area contributed by atoms with Crippen molar-refractivity contribution in [3.05, 3.63) is 98.3 Å². The highest BCUT2D eigenvalue weighted by atomic mass is 32.1. The molecular weight excluding hydrogens is 440 g/mol. The Morgan fingerprint density at radius 3 is 2.58 bits per heavy atom. The lowest BCUT2D eigenvalue weighted by molar-refractivity contribution is 0.340. The van der Waals surface area contributed by atoms with Crippen molar-refractivity contribution in [3.8, 4) is 17.1 Å². The average Bonchev–Trinajstić information content (AvgIpc) is 3.51. The largest absolute Gasteiger partial charge is 0.493 e. The van der Waals surface area contributed by atoms with E-state index in [0.717, 1.165) is 5.56 Å². The molecule has 0 saturated heterocycles. The fraction of sp³-hybridized carbons (Fsp3) is 0.167. The molecule has 5 aromatic rings. The Hall–Kier alpha value is -3.98. The Kier molecular flexibility index (Phi) is 5.62. The Bertz CT molecular complexity index is 1530. The fourth-order valence-corrected chi connectivity index (χ4v) is 4.53. The molecule has 3 heterocycles. The van der Waals surface area contributed by atoms with Crippen LogP contribution in [0, 0.1) is 0 Å². The van der Waals surface area contributed by atoms with Gasteiger partial charge < -0.3 is 9.26 Å². The summed E-state index contributed by atoms with van der Waals surface area (Å²) in [5, 5.41) is 5.88. The normalized spacial score (nSPS) is 11.2. The third-order valence-corrected chi connectivity index (χ3v) is 6.10. The smallest absolute Gasteiger partial charge is 0.332 e. The molecule has 0 radical (unpaired) electrons. The van der Waals surface area contributed by atoms with Crippen LogP contribution in [-0.2, 0) is 13.1 Å². The molecule has 0 saturated carbocycles. The van der Waals surface area contributed by atoms with Crippen LogP contribution in [0.4, 0.5) is 0 Å². The van der Waals surface area contributed by atoms with Gasteiger partial charge in [0.05, 0.1) is 24.2 Å². The van der Waals surface area contributed by atoms with Crippen molar-refractivity contribution in [3.63, 3.8) is 0 Å². The van der Waals surface area contributed by atoms with Gasteiger partial charge in [0.1, 0.15) is 17.0 Å². The van der Waals surface area contributed by atoms with Crippen LogP contribution in [0.3, 0.4) is 0 Å². The van der Waals surface area contributed by atoms with Gasteiger partial charge in [-0.2, -0.15) is 4.98 Å². The summed E-state index contributed by atoms with van der Waals surface area (Å²) in [7, 11) is 0. The van der Waals surface area contributed by atoms with Crippen molar-refractivity contribution < 1.29 is 9.26 Å². The number of para-hydroxylation sites is 1. The van der Waals surface area contributed by atoms with Crippen LogP contribution < -0.4 is 16.0 Å². The zero-order chi connectivity index (χ0) is 22.8. The van der Waals surface area contributed by atoms with Gasteiger partial charge in [-0.25, -0.2) is 4.79 Å². The summed E-state index contributed by atoms with van der Waals surface area (Å²) >= 11 is 1.31. The molecule has 5 rings (SSSR count). The van der Waals surface area contributed by atoms with E-state index in [4.69, 9.17) is 9.26 Å². The number of benzene rings is 2. The summed E-state index contributed by atoms with van der Waals surface area (Å²) in [6.07, 6.45) is 0. The second-order valence-corrected chi connectivity index (χ2v) is 8.24. The van der Waals surface area contributed by atoms with E-state index in [2.05, 4.69) is 10.1 Å². The molecule has 2 aromatic carbocycles. The van der Waals surface area contributed by atoms with E-state index in [1.165, 1.54) is 20.5 Å². The number of hydrogen-bond acceptors (Lipinski definition) is 7. The van der Waals surface area contributed by atoms with Gasteiger partial charge in [0, 0.05) is 0 Å². The maximum Gasteiger partial charge on any atom is 0.332 e. The average molecular weight is 461 g/mol. The van der Waals surface area contributed by atoms with Crippen LogP contribution in [0.2, 0.25) is 0 Å². The summed E-state index contributed by atoms with van der Waals surface area (Å²) in [5.41, 5.74) is 1.39. The van der Waals surface area contributed by atoms with Gasteiger partial charge in [-0.3, -0.25) is 13.9 Å². The van der Waals surface area contributed by atoms with Crippen molar-refractivity contribution in [2.75, 3.05) is 6.61 Å². The van der Waals surface area contributed by atoms with E-state index < -0.39 is 5.69 Å². The predicted octanol–water partition coefficient (Wildman–Crippen LogP) is 3.77. The first-order chi connectivity index (χ1) is 16.2. The van der Waals surface area contributed by atoms with E-state index in [-0.39, 0.29) is 24.5 Å². The summed E-state index contributed by atoms with van der Waals surface area (Å²) in [5.74, 6) is 1.29. The molecule has 8 nitrogen and oxygen atoms in total. The second kappa shape index (κ2) is 8.87. The summed E-state index contributed by atoms with van der Waals surface area (Å²) in [4.78, 5) is 30.8. The first kappa shape index (κ1) is 20.9. The molecule has 0 bridgehead atoms. The molecule has 166 valence electrons. The minimum atomic E-state index is -0.427. The van der Waals surface area contributed by atoms with Crippen LogP contribution in [0.15, 0.2) is 80.2 Å². The quantitative estimate of drug-likeness (QED) is 0.367. The molecule has 0 spiro atoms. The molecule has 0 aliphatic rings. The van der Waals surface area contributed by atoms with E-state index in [1.54, 1.807) is 11.4 Å². The van der Waals surface area contributed by atoms with Crippen molar-refractivity contribution >= 4 is 21.6 Å². The molecule has 0 unspecified atom stereocenters. The molecule has 33 heavy (non-hydrogen) atoms. The lowest BCUT2D eigenvalue weighted by Crippen LogP contribution is -2.40. The molecule has 0 atom stereocenters. The SMILES string of the molecule is CCOc1ccccc1-c1noc(Cn2c(=O)n(Cc3ccccc3)c(=O)c3sccc32)n1. The molecule has 0 aliphatic carbocycles. The van der Waals surface area contributed by atoms with E-state index in [0.29, 0.717) is 34.0 Å². The van der Waals surface area contributed by atoms with E-state index >= 15 is 0 Å². The number of ether oxygens (including phenoxy) is 1. The number of nitrogens with zero attached hydrogens (tertiary/aromatic N) is 4. The summed E-state index contributed by atoms with van der Waals surface area (Å²) in [6, 6.07) is 18.6. The summed E-state index contributed by atoms with van der Waals surface area (Å²) in [6.45, 7) is 2.64. The van der Waals surface area contributed by atoms with Crippen molar-refractivity contribution in [1.29, 1.82) is 0 Å². The third-order valence-electron chi connectivity index (χ3n) is 5.21. The minimum Gasteiger partial charge on any atom is -0.493 e. The second-order valence-electron chi connectivity index (χ2n) is 7.32. The fourth-order valence-electron chi connectivity index (χ4n) is 3.69. The van der Waals surface area contributed by atoms with Crippen LogP contribution >= 0.6 is 11.3 Å². The number of fused-ring (bicyclic) bond motifs is 1. The van der Waals surface area contributed by atoms with Crippen LogP contribution in [-0.4, -0.2) is 25.9 Å². The highest BCUT2D eigenvalue weighted by molar-refractivity contribution is 7.17. The zero-order valence-corrected chi connectivity index (χ0v) is 18.6. The van der Waals surface area contributed by atoms with Gasteiger partial charge in [-0.15, -0.1) is 11.3 Å². The van der Waals surface area contributed by atoms with Gasteiger partial charge in [-0.1, -0.05) is 47.6 Å². The zero-order valence-electron chi connectivity index (χ0n) is 17.8. The summed E-state index contributed by atoms with van der Waals surface area (Å²) < 4.78 is 14.4. The Morgan fingerprint density at radius 2 is 1.76 bits per heavy atom. The molecule has 9 heteroatoms. The molecule has 0 fully saturated rings. The molecular formula is C24H20N4O4S. The molecule has 0 aliphatic heterocycles. The van der Waals surface area contributed by atoms with Gasteiger partial charge >= 0.3 is 5.69 Å². The lowest BCUT2D eigenvalue weighted by atomic mass is 10.2. The van der Waals surface area contributed by atoms with Crippen molar-refractivity contribution in [1.82, 2.24) is 19.3 Å².